The van der Waals surface area contributed by atoms with E-state index in [4.69, 9.17) is 15.2 Å². The number of rotatable bonds is 8. The van der Waals surface area contributed by atoms with E-state index < -0.39 is 18.0 Å². The Labute approximate surface area is 136 Å². The van der Waals surface area contributed by atoms with E-state index in [0.717, 1.165) is 12.0 Å². The Morgan fingerprint density at radius 1 is 1.26 bits per heavy atom. The van der Waals surface area contributed by atoms with Crippen LogP contribution in [0.15, 0.2) is 18.2 Å². The van der Waals surface area contributed by atoms with Crippen molar-refractivity contribution in [2.45, 2.75) is 39.3 Å². The molecule has 0 bridgehead atoms. The van der Waals surface area contributed by atoms with Crippen molar-refractivity contribution in [2.75, 3.05) is 13.7 Å². The standard InChI is InChI=1S/C16H25N3O4/c1-5-8-23-13-7-6-12(9-14(13)22-4)10(2)18-11(3)15(20)19-16(17)21/h6-7,9-11,18H,5,8H2,1-4H3,(H3,17,19,20,21)/t10-,11-/m1/s1. The maximum atomic E-state index is 11.7. The molecule has 0 unspecified atom stereocenters. The average Bonchev–Trinajstić information content (AvgIpc) is 2.51. The Morgan fingerprint density at radius 2 is 1.96 bits per heavy atom. The van der Waals surface area contributed by atoms with Gasteiger partial charge in [0.15, 0.2) is 11.5 Å². The van der Waals surface area contributed by atoms with Gasteiger partial charge in [0.1, 0.15) is 0 Å². The molecule has 0 heterocycles. The van der Waals surface area contributed by atoms with Gasteiger partial charge >= 0.3 is 6.03 Å². The van der Waals surface area contributed by atoms with Crippen LogP contribution in [0.3, 0.4) is 0 Å². The van der Waals surface area contributed by atoms with Crippen LogP contribution in [0.4, 0.5) is 4.79 Å². The van der Waals surface area contributed by atoms with Crippen molar-refractivity contribution in [2.24, 2.45) is 5.73 Å². The van der Waals surface area contributed by atoms with Crippen LogP contribution in [0.5, 0.6) is 11.5 Å². The van der Waals surface area contributed by atoms with Crippen molar-refractivity contribution in [3.63, 3.8) is 0 Å². The number of hydrogen-bond acceptors (Lipinski definition) is 5. The third-order valence-electron chi connectivity index (χ3n) is 3.29. The summed E-state index contributed by atoms with van der Waals surface area (Å²) in [6.07, 6.45) is 0.912. The topological polar surface area (TPSA) is 103 Å². The van der Waals surface area contributed by atoms with Crippen LogP contribution in [0.25, 0.3) is 0 Å². The molecule has 1 rings (SSSR count). The van der Waals surface area contributed by atoms with Crippen molar-refractivity contribution in [1.29, 1.82) is 0 Å². The van der Waals surface area contributed by atoms with Gasteiger partial charge in [-0.15, -0.1) is 0 Å². The zero-order valence-corrected chi connectivity index (χ0v) is 14.0. The first-order valence-corrected chi connectivity index (χ1v) is 7.56. The number of ether oxygens (including phenoxy) is 2. The minimum absolute atomic E-state index is 0.127. The lowest BCUT2D eigenvalue weighted by atomic mass is 10.1. The summed E-state index contributed by atoms with van der Waals surface area (Å²) >= 11 is 0. The second-order valence-electron chi connectivity index (χ2n) is 5.22. The van der Waals surface area contributed by atoms with E-state index in [2.05, 4.69) is 5.32 Å². The molecule has 0 spiro atoms. The summed E-state index contributed by atoms with van der Waals surface area (Å²) in [4.78, 5) is 22.4. The van der Waals surface area contributed by atoms with Gasteiger partial charge in [0, 0.05) is 6.04 Å². The molecular weight excluding hydrogens is 298 g/mol. The highest BCUT2D eigenvalue weighted by atomic mass is 16.5. The molecule has 0 saturated heterocycles. The summed E-state index contributed by atoms with van der Waals surface area (Å²) in [6, 6.07) is 4.05. The summed E-state index contributed by atoms with van der Waals surface area (Å²) in [7, 11) is 1.58. The quantitative estimate of drug-likeness (QED) is 0.676. The molecule has 4 N–H and O–H groups in total. The van der Waals surface area contributed by atoms with Crippen molar-refractivity contribution in [1.82, 2.24) is 10.6 Å². The van der Waals surface area contributed by atoms with Gasteiger partial charge in [-0.3, -0.25) is 15.4 Å². The molecule has 128 valence electrons. The van der Waals surface area contributed by atoms with Crippen LogP contribution in [-0.2, 0) is 4.79 Å². The van der Waals surface area contributed by atoms with E-state index in [1.54, 1.807) is 14.0 Å². The highest BCUT2D eigenvalue weighted by molar-refractivity contribution is 5.96. The average molecular weight is 323 g/mol. The van der Waals surface area contributed by atoms with E-state index >= 15 is 0 Å². The van der Waals surface area contributed by atoms with E-state index in [-0.39, 0.29) is 6.04 Å². The summed E-state index contributed by atoms with van der Waals surface area (Å²) in [5.41, 5.74) is 5.87. The summed E-state index contributed by atoms with van der Waals surface area (Å²) in [5, 5.41) is 5.15. The van der Waals surface area contributed by atoms with Gasteiger partial charge in [0.25, 0.3) is 0 Å². The summed E-state index contributed by atoms with van der Waals surface area (Å²) in [6.45, 7) is 6.22. The maximum absolute atomic E-state index is 11.7. The molecule has 1 aromatic carbocycles. The number of benzene rings is 1. The number of amides is 3. The Bertz CT molecular complexity index is 548. The number of methoxy groups -OCH3 is 1. The molecule has 0 aliphatic carbocycles. The van der Waals surface area contributed by atoms with E-state index in [9.17, 15) is 9.59 Å². The predicted octanol–water partition coefficient (Wildman–Crippen LogP) is 1.72. The number of urea groups is 1. The summed E-state index contributed by atoms with van der Waals surface area (Å²) < 4.78 is 11.0. The number of imide groups is 1. The largest absolute Gasteiger partial charge is 0.493 e. The monoisotopic (exact) mass is 323 g/mol. The van der Waals surface area contributed by atoms with E-state index in [1.807, 2.05) is 37.4 Å². The zero-order valence-electron chi connectivity index (χ0n) is 14.0. The molecule has 3 amide bonds. The molecule has 7 heteroatoms. The number of carbonyl (C=O) groups is 2. The molecule has 0 aromatic heterocycles. The third-order valence-corrected chi connectivity index (χ3v) is 3.29. The number of nitrogens with two attached hydrogens (primary N) is 1. The lowest BCUT2D eigenvalue weighted by Crippen LogP contribution is -2.47. The number of primary amides is 1. The minimum atomic E-state index is -0.865. The Kier molecular flexibility index (Phi) is 7.34. The molecule has 23 heavy (non-hydrogen) atoms. The van der Waals surface area contributed by atoms with Gasteiger partial charge in [-0.05, 0) is 38.0 Å². The van der Waals surface area contributed by atoms with Gasteiger partial charge in [-0.2, -0.15) is 0 Å². The highest BCUT2D eigenvalue weighted by Crippen LogP contribution is 2.30. The summed E-state index contributed by atoms with van der Waals surface area (Å²) in [5.74, 6) is 0.850. The lowest BCUT2D eigenvalue weighted by molar-refractivity contribution is -0.121. The van der Waals surface area contributed by atoms with Crippen LogP contribution in [0.2, 0.25) is 0 Å². The molecule has 1 aromatic rings. The molecule has 0 saturated carbocycles. The van der Waals surface area contributed by atoms with Gasteiger partial charge in [-0.1, -0.05) is 13.0 Å². The molecular formula is C16H25N3O4. The number of hydrogen-bond donors (Lipinski definition) is 3. The fourth-order valence-corrected chi connectivity index (χ4v) is 2.06. The van der Waals surface area contributed by atoms with Crippen LogP contribution < -0.4 is 25.8 Å². The van der Waals surface area contributed by atoms with Gasteiger partial charge in [-0.25, -0.2) is 4.79 Å². The van der Waals surface area contributed by atoms with Gasteiger partial charge < -0.3 is 15.2 Å². The van der Waals surface area contributed by atoms with E-state index in [1.165, 1.54) is 0 Å². The number of nitrogens with one attached hydrogen (secondary N) is 2. The minimum Gasteiger partial charge on any atom is -0.493 e. The Balaban J connectivity index is 2.77. The number of carbonyl (C=O) groups excluding carboxylic acids is 2. The van der Waals surface area contributed by atoms with Crippen LogP contribution in [-0.4, -0.2) is 31.7 Å². The molecule has 0 fully saturated rings. The third kappa shape index (κ3) is 5.78. The second kappa shape index (κ2) is 8.99. The predicted molar refractivity (Wildman–Crippen MR) is 87.5 cm³/mol. The van der Waals surface area contributed by atoms with Crippen molar-refractivity contribution < 1.29 is 19.1 Å². The molecule has 0 aliphatic rings. The molecule has 0 aliphatic heterocycles. The van der Waals surface area contributed by atoms with Crippen molar-refractivity contribution >= 4 is 11.9 Å². The van der Waals surface area contributed by atoms with Gasteiger partial charge in [0.2, 0.25) is 5.91 Å². The van der Waals surface area contributed by atoms with Crippen LogP contribution in [0, 0.1) is 0 Å². The first-order valence-electron chi connectivity index (χ1n) is 7.56. The van der Waals surface area contributed by atoms with Crippen LogP contribution in [0.1, 0.15) is 38.8 Å². The molecule has 2 atom stereocenters. The molecule has 0 radical (unpaired) electrons. The lowest BCUT2D eigenvalue weighted by Gasteiger charge is -2.20. The van der Waals surface area contributed by atoms with Crippen molar-refractivity contribution in [3.05, 3.63) is 23.8 Å². The smallest absolute Gasteiger partial charge is 0.318 e. The van der Waals surface area contributed by atoms with Crippen LogP contribution >= 0.6 is 0 Å². The van der Waals surface area contributed by atoms with E-state index in [0.29, 0.717) is 18.1 Å². The molecule has 7 nitrogen and oxygen atoms in total. The van der Waals surface area contributed by atoms with Gasteiger partial charge in [0.05, 0.1) is 19.8 Å². The Hall–Kier alpha value is -2.28. The SMILES string of the molecule is CCCOc1ccc([C@@H](C)N[C@H](C)C(=O)NC(N)=O)cc1OC. The second-order valence-corrected chi connectivity index (χ2v) is 5.22. The van der Waals surface area contributed by atoms with Crippen molar-refractivity contribution in [3.8, 4) is 11.5 Å². The fraction of sp³-hybridized carbons (Fsp3) is 0.500. The fourth-order valence-electron chi connectivity index (χ4n) is 2.06. The Morgan fingerprint density at radius 3 is 2.52 bits per heavy atom. The highest BCUT2D eigenvalue weighted by Gasteiger charge is 2.18. The first kappa shape index (κ1) is 18.8. The first-order chi connectivity index (χ1) is 10.9. The normalized spacial score (nSPS) is 13.0. The zero-order chi connectivity index (χ0) is 17.4. The maximum Gasteiger partial charge on any atom is 0.318 e.